The molecule has 0 aliphatic heterocycles. The first-order valence-electron chi connectivity index (χ1n) is 5.77. The highest BCUT2D eigenvalue weighted by Crippen LogP contribution is 2.20. The standard InChI is InChI=1S/C13H15BrFNO3/c1-3-13(2,12(18)19)7-16-11(17)8-4-5-9(14)10(15)6-8/h4-6H,3,7H2,1-2H3,(H,16,17)(H,18,19). The van der Waals surface area contributed by atoms with Gasteiger partial charge >= 0.3 is 5.97 Å². The highest BCUT2D eigenvalue weighted by molar-refractivity contribution is 9.10. The Morgan fingerprint density at radius 1 is 1.47 bits per heavy atom. The van der Waals surface area contributed by atoms with Crippen molar-refractivity contribution >= 4 is 27.8 Å². The number of rotatable bonds is 5. The molecule has 19 heavy (non-hydrogen) atoms. The minimum absolute atomic E-state index is 0.00461. The average molecular weight is 332 g/mol. The zero-order valence-electron chi connectivity index (χ0n) is 10.7. The second-order valence-electron chi connectivity index (χ2n) is 4.53. The molecule has 1 rings (SSSR count). The summed E-state index contributed by atoms with van der Waals surface area (Å²) in [6.07, 6.45) is 0.386. The van der Waals surface area contributed by atoms with E-state index in [-0.39, 0.29) is 16.6 Å². The van der Waals surface area contributed by atoms with Crippen molar-refractivity contribution in [2.24, 2.45) is 5.41 Å². The van der Waals surface area contributed by atoms with E-state index in [1.807, 2.05) is 0 Å². The van der Waals surface area contributed by atoms with Crippen molar-refractivity contribution in [1.82, 2.24) is 5.32 Å². The number of carboxylic acid groups (broad SMARTS) is 1. The maximum Gasteiger partial charge on any atom is 0.311 e. The molecule has 104 valence electrons. The lowest BCUT2D eigenvalue weighted by Gasteiger charge is -2.23. The van der Waals surface area contributed by atoms with Crippen molar-refractivity contribution in [2.45, 2.75) is 20.3 Å². The summed E-state index contributed by atoms with van der Waals surface area (Å²) in [5.41, 5.74) is -0.867. The number of nitrogens with one attached hydrogen (secondary N) is 1. The number of halogens is 2. The van der Waals surface area contributed by atoms with Gasteiger partial charge in [0, 0.05) is 12.1 Å². The van der Waals surface area contributed by atoms with E-state index < -0.39 is 23.1 Å². The summed E-state index contributed by atoms with van der Waals surface area (Å²) < 4.78 is 13.6. The first-order chi connectivity index (χ1) is 8.80. The van der Waals surface area contributed by atoms with Gasteiger partial charge in [0.05, 0.1) is 9.89 Å². The first-order valence-corrected chi connectivity index (χ1v) is 6.56. The van der Waals surface area contributed by atoms with Crippen molar-refractivity contribution in [1.29, 1.82) is 0 Å². The molecule has 0 spiro atoms. The largest absolute Gasteiger partial charge is 0.481 e. The molecule has 0 aromatic heterocycles. The molecule has 4 nitrogen and oxygen atoms in total. The second kappa shape index (κ2) is 6.14. The molecule has 0 heterocycles. The summed E-state index contributed by atoms with van der Waals surface area (Å²) in [6, 6.07) is 4.00. The molecule has 1 amide bonds. The van der Waals surface area contributed by atoms with E-state index in [4.69, 9.17) is 5.11 Å². The predicted molar refractivity (Wildman–Crippen MR) is 72.5 cm³/mol. The summed E-state index contributed by atoms with van der Waals surface area (Å²) >= 11 is 3.00. The molecule has 1 aromatic carbocycles. The topological polar surface area (TPSA) is 66.4 Å². The third-order valence-corrected chi connectivity index (χ3v) is 3.76. The number of aliphatic carboxylic acids is 1. The Morgan fingerprint density at radius 3 is 2.58 bits per heavy atom. The summed E-state index contributed by atoms with van der Waals surface area (Å²) in [7, 11) is 0. The van der Waals surface area contributed by atoms with Crippen molar-refractivity contribution < 1.29 is 19.1 Å². The van der Waals surface area contributed by atoms with Crippen LogP contribution in [0.4, 0.5) is 4.39 Å². The van der Waals surface area contributed by atoms with Crippen molar-refractivity contribution in [2.75, 3.05) is 6.54 Å². The molecule has 0 radical (unpaired) electrons. The first kappa shape index (κ1) is 15.6. The van der Waals surface area contributed by atoms with Gasteiger partial charge in [0.2, 0.25) is 0 Å². The number of hydrogen-bond acceptors (Lipinski definition) is 2. The molecule has 1 atom stereocenters. The molecule has 0 saturated heterocycles. The number of benzene rings is 1. The van der Waals surface area contributed by atoms with Gasteiger partial charge in [0.15, 0.2) is 0 Å². The van der Waals surface area contributed by atoms with Crippen LogP contribution in [0.1, 0.15) is 30.6 Å². The average Bonchev–Trinajstić information content (AvgIpc) is 2.38. The lowest BCUT2D eigenvalue weighted by atomic mass is 9.87. The normalized spacial score (nSPS) is 13.7. The van der Waals surface area contributed by atoms with E-state index in [0.29, 0.717) is 6.42 Å². The summed E-state index contributed by atoms with van der Waals surface area (Å²) in [4.78, 5) is 22.9. The van der Waals surface area contributed by atoms with Gasteiger partial charge in [-0.2, -0.15) is 0 Å². The Hall–Kier alpha value is -1.43. The van der Waals surface area contributed by atoms with Crippen LogP contribution in [0.3, 0.4) is 0 Å². The molecular weight excluding hydrogens is 317 g/mol. The number of carbonyl (C=O) groups is 2. The Morgan fingerprint density at radius 2 is 2.11 bits per heavy atom. The quantitative estimate of drug-likeness (QED) is 0.871. The Labute approximate surface area is 119 Å². The minimum atomic E-state index is -1.02. The lowest BCUT2D eigenvalue weighted by molar-refractivity contribution is -0.147. The van der Waals surface area contributed by atoms with Crippen LogP contribution in [-0.4, -0.2) is 23.5 Å². The van der Waals surface area contributed by atoms with Crippen molar-refractivity contribution in [3.05, 3.63) is 34.1 Å². The zero-order valence-corrected chi connectivity index (χ0v) is 12.3. The fourth-order valence-corrected chi connectivity index (χ4v) is 1.61. The van der Waals surface area contributed by atoms with Gasteiger partial charge in [-0.05, 0) is 47.5 Å². The van der Waals surface area contributed by atoms with Crippen LogP contribution >= 0.6 is 15.9 Å². The van der Waals surface area contributed by atoms with E-state index in [9.17, 15) is 14.0 Å². The molecule has 0 aliphatic rings. The van der Waals surface area contributed by atoms with Crippen molar-refractivity contribution in [3.8, 4) is 0 Å². The summed E-state index contributed by atoms with van der Waals surface area (Å²) in [6.45, 7) is 3.28. The highest BCUT2D eigenvalue weighted by atomic mass is 79.9. The molecule has 6 heteroatoms. The van der Waals surface area contributed by atoms with Gasteiger partial charge in [-0.3, -0.25) is 9.59 Å². The maximum absolute atomic E-state index is 13.3. The third kappa shape index (κ3) is 3.76. The highest BCUT2D eigenvalue weighted by Gasteiger charge is 2.31. The Bertz CT molecular complexity index is 507. The molecule has 0 bridgehead atoms. The maximum atomic E-state index is 13.3. The number of carboxylic acids is 1. The summed E-state index contributed by atoms with van der Waals surface area (Å²) in [5, 5.41) is 11.6. The Kier molecular flexibility index (Phi) is 5.05. The molecule has 1 aromatic rings. The molecule has 0 saturated carbocycles. The number of amides is 1. The van der Waals surface area contributed by atoms with Crippen LogP contribution in [-0.2, 0) is 4.79 Å². The van der Waals surface area contributed by atoms with E-state index in [1.165, 1.54) is 12.1 Å². The van der Waals surface area contributed by atoms with Gasteiger partial charge in [0.25, 0.3) is 5.91 Å². The monoisotopic (exact) mass is 331 g/mol. The lowest BCUT2D eigenvalue weighted by Crippen LogP contribution is -2.40. The molecular formula is C13H15BrFNO3. The summed E-state index contributed by atoms with van der Waals surface area (Å²) in [5.74, 6) is -2.01. The van der Waals surface area contributed by atoms with Crippen LogP contribution in [0.2, 0.25) is 0 Å². The van der Waals surface area contributed by atoms with Crippen LogP contribution in [0.5, 0.6) is 0 Å². The van der Waals surface area contributed by atoms with Crippen LogP contribution in [0.25, 0.3) is 0 Å². The van der Waals surface area contributed by atoms with E-state index in [0.717, 1.165) is 6.07 Å². The van der Waals surface area contributed by atoms with Gasteiger partial charge < -0.3 is 10.4 Å². The van der Waals surface area contributed by atoms with Crippen LogP contribution < -0.4 is 5.32 Å². The minimum Gasteiger partial charge on any atom is -0.481 e. The van der Waals surface area contributed by atoms with Crippen molar-refractivity contribution in [3.63, 3.8) is 0 Å². The van der Waals surface area contributed by atoms with Gasteiger partial charge in [-0.25, -0.2) is 4.39 Å². The Balaban J connectivity index is 2.75. The molecule has 1 unspecified atom stereocenters. The smallest absolute Gasteiger partial charge is 0.311 e. The fourth-order valence-electron chi connectivity index (χ4n) is 1.37. The molecule has 0 fully saturated rings. The molecule has 0 aliphatic carbocycles. The fraction of sp³-hybridized carbons (Fsp3) is 0.385. The third-order valence-electron chi connectivity index (χ3n) is 3.12. The van der Waals surface area contributed by atoms with Gasteiger partial charge in [0.1, 0.15) is 5.82 Å². The van der Waals surface area contributed by atoms with E-state index in [1.54, 1.807) is 13.8 Å². The predicted octanol–water partition coefficient (Wildman–Crippen LogP) is 2.82. The van der Waals surface area contributed by atoms with E-state index in [2.05, 4.69) is 21.2 Å². The number of hydrogen-bond donors (Lipinski definition) is 2. The SMILES string of the molecule is CCC(C)(CNC(=O)c1ccc(Br)c(F)c1)C(=O)O. The second-order valence-corrected chi connectivity index (χ2v) is 5.39. The number of carbonyl (C=O) groups excluding carboxylic acids is 1. The van der Waals surface area contributed by atoms with Gasteiger partial charge in [-0.15, -0.1) is 0 Å². The zero-order chi connectivity index (χ0) is 14.6. The van der Waals surface area contributed by atoms with Crippen LogP contribution in [0.15, 0.2) is 22.7 Å². The van der Waals surface area contributed by atoms with Crippen LogP contribution in [0, 0.1) is 11.2 Å². The van der Waals surface area contributed by atoms with Gasteiger partial charge in [-0.1, -0.05) is 6.92 Å². The molecule has 2 N–H and O–H groups in total. The van der Waals surface area contributed by atoms with E-state index >= 15 is 0 Å².